The highest BCUT2D eigenvalue weighted by molar-refractivity contribution is 7.89. The van der Waals surface area contributed by atoms with Crippen molar-refractivity contribution >= 4 is 10.0 Å². The van der Waals surface area contributed by atoms with Gasteiger partial charge in [0.2, 0.25) is 10.0 Å². The van der Waals surface area contributed by atoms with Crippen LogP contribution in [0.4, 0.5) is 0 Å². The van der Waals surface area contributed by atoms with Crippen LogP contribution in [0.3, 0.4) is 0 Å². The molecule has 0 bridgehead atoms. The predicted molar refractivity (Wildman–Crippen MR) is 72.6 cm³/mol. The molecule has 0 atom stereocenters. The van der Waals surface area contributed by atoms with Crippen LogP contribution in [0.2, 0.25) is 0 Å². The highest BCUT2D eigenvalue weighted by Gasteiger charge is 2.19. The Balaban J connectivity index is 2.80. The molecule has 0 aromatic heterocycles. The van der Waals surface area contributed by atoms with Gasteiger partial charge in [-0.3, -0.25) is 0 Å². The summed E-state index contributed by atoms with van der Waals surface area (Å²) < 4.78 is 41.7. The minimum atomic E-state index is -3.72. The van der Waals surface area contributed by atoms with Gasteiger partial charge in [-0.25, -0.2) is 13.1 Å². The highest BCUT2D eigenvalue weighted by atomic mass is 32.2. The molecule has 0 saturated carbocycles. The summed E-state index contributed by atoms with van der Waals surface area (Å²) in [7, 11) is -0.874. The molecule has 0 amide bonds. The molecule has 0 heterocycles. The average Bonchev–Trinajstić information content (AvgIpc) is 2.46. The second kappa shape index (κ2) is 8.05. The quantitative estimate of drug-likeness (QED) is 0.623. The molecule has 1 aromatic carbocycles. The molecule has 0 aliphatic rings. The molecular weight excluding hydrogens is 286 g/mol. The lowest BCUT2D eigenvalue weighted by Gasteiger charge is -2.12. The number of hydrogen-bond acceptors (Lipinski definition) is 6. The monoisotopic (exact) mass is 305 g/mol. The van der Waals surface area contributed by atoms with Crippen molar-refractivity contribution < 1.29 is 27.7 Å². The van der Waals surface area contributed by atoms with Crippen molar-refractivity contribution in [3.8, 4) is 11.5 Å². The third kappa shape index (κ3) is 4.64. The minimum absolute atomic E-state index is 0.00140. The fourth-order valence-electron chi connectivity index (χ4n) is 1.49. The summed E-state index contributed by atoms with van der Waals surface area (Å²) >= 11 is 0. The van der Waals surface area contributed by atoms with E-state index < -0.39 is 10.0 Å². The largest absolute Gasteiger partial charge is 0.497 e. The van der Waals surface area contributed by atoms with Gasteiger partial charge >= 0.3 is 0 Å². The molecule has 20 heavy (non-hydrogen) atoms. The first-order valence-electron chi connectivity index (χ1n) is 5.95. The van der Waals surface area contributed by atoms with Gasteiger partial charge in [0, 0.05) is 12.6 Å². The number of aliphatic hydroxyl groups excluding tert-OH is 1. The Labute approximate surface area is 118 Å². The normalized spacial score (nSPS) is 11.3. The Morgan fingerprint density at radius 1 is 1.20 bits per heavy atom. The molecule has 1 rings (SSSR count). The van der Waals surface area contributed by atoms with Crippen molar-refractivity contribution in [2.75, 3.05) is 40.6 Å². The average molecular weight is 305 g/mol. The van der Waals surface area contributed by atoms with E-state index in [9.17, 15) is 8.42 Å². The zero-order chi connectivity index (χ0) is 15.0. The molecule has 0 radical (unpaired) electrons. The second-order valence-electron chi connectivity index (χ2n) is 3.75. The smallest absolute Gasteiger partial charge is 0.244 e. The van der Waals surface area contributed by atoms with Crippen molar-refractivity contribution in [2.24, 2.45) is 0 Å². The van der Waals surface area contributed by atoms with Crippen LogP contribution < -0.4 is 14.2 Å². The molecule has 0 aliphatic carbocycles. The van der Waals surface area contributed by atoms with Gasteiger partial charge < -0.3 is 19.3 Å². The minimum Gasteiger partial charge on any atom is -0.497 e. The van der Waals surface area contributed by atoms with Gasteiger partial charge in [0.25, 0.3) is 0 Å². The van der Waals surface area contributed by atoms with Gasteiger partial charge in [-0.15, -0.1) is 0 Å². The first-order valence-corrected chi connectivity index (χ1v) is 7.43. The first kappa shape index (κ1) is 16.7. The summed E-state index contributed by atoms with van der Waals surface area (Å²) in [6.07, 6.45) is 0. The maximum atomic E-state index is 12.2. The molecule has 0 saturated heterocycles. The molecule has 0 unspecified atom stereocenters. The lowest BCUT2D eigenvalue weighted by atomic mass is 10.3. The third-order valence-corrected chi connectivity index (χ3v) is 3.92. The van der Waals surface area contributed by atoms with Crippen LogP contribution in [-0.4, -0.2) is 54.1 Å². The second-order valence-corrected chi connectivity index (χ2v) is 5.49. The van der Waals surface area contributed by atoms with Crippen LogP contribution in [0.1, 0.15) is 0 Å². The maximum absolute atomic E-state index is 12.2. The van der Waals surface area contributed by atoms with Crippen LogP contribution in [0.25, 0.3) is 0 Å². The zero-order valence-corrected chi connectivity index (χ0v) is 12.3. The highest BCUT2D eigenvalue weighted by Crippen LogP contribution is 2.27. The van der Waals surface area contributed by atoms with Gasteiger partial charge in [-0.2, -0.15) is 0 Å². The van der Waals surface area contributed by atoms with E-state index >= 15 is 0 Å². The molecule has 0 aliphatic heterocycles. The third-order valence-electron chi connectivity index (χ3n) is 2.43. The zero-order valence-electron chi connectivity index (χ0n) is 11.5. The van der Waals surface area contributed by atoms with E-state index in [1.165, 1.54) is 26.4 Å². The SMILES string of the molecule is COc1ccc(OC)c(S(=O)(=O)NCCOCCO)c1. The Morgan fingerprint density at radius 2 is 1.95 bits per heavy atom. The van der Waals surface area contributed by atoms with E-state index in [1.807, 2.05) is 0 Å². The topological polar surface area (TPSA) is 94.1 Å². The van der Waals surface area contributed by atoms with Gasteiger partial charge in [0.05, 0.1) is 34.0 Å². The number of aliphatic hydroxyl groups is 1. The van der Waals surface area contributed by atoms with E-state index in [2.05, 4.69) is 4.72 Å². The Kier molecular flexibility index (Phi) is 6.73. The number of benzene rings is 1. The molecular formula is C12H19NO6S. The predicted octanol–water partition coefficient (Wildman–Crippen LogP) is -0.00900. The van der Waals surface area contributed by atoms with E-state index in [-0.39, 0.29) is 37.0 Å². The molecule has 1 aromatic rings. The number of nitrogens with one attached hydrogen (secondary N) is 1. The fourth-order valence-corrected chi connectivity index (χ4v) is 2.68. The van der Waals surface area contributed by atoms with E-state index in [0.29, 0.717) is 5.75 Å². The summed E-state index contributed by atoms with van der Waals surface area (Å²) in [5, 5.41) is 8.54. The van der Waals surface area contributed by atoms with Crippen LogP contribution in [0.5, 0.6) is 11.5 Å². The van der Waals surface area contributed by atoms with Crippen molar-refractivity contribution in [1.29, 1.82) is 0 Å². The van der Waals surface area contributed by atoms with Crippen LogP contribution in [-0.2, 0) is 14.8 Å². The molecule has 0 fully saturated rings. The summed E-state index contributed by atoms with van der Waals surface area (Å²) in [6, 6.07) is 4.52. The van der Waals surface area contributed by atoms with Gasteiger partial charge in [-0.05, 0) is 12.1 Å². The fraction of sp³-hybridized carbons (Fsp3) is 0.500. The van der Waals surface area contributed by atoms with Crippen LogP contribution in [0.15, 0.2) is 23.1 Å². The van der Waals surface area contributed by atoms with E-state index in [0.717, 1.165) is 0 Å². The van der Waals surface area contributed by atoms with Gasteiger partial charge in [-0.1, -0.05) is 0 Å². The molecule has 8 heteroatoms. The Morgan fingerprint density at radius 3 is 2.55 bits per heavy atom. The van der Waals surface area contributed by atoms with Crippen molar-refractivity contribution in [2.45, 2.75) is 4.90 Å². The summed E-state index contributed by atoms with van der Waals surface area (Å²) in [6.45, 7) is 0.343. The molecule has 7 nitrogen and oxygen atoms in total. The number of ether oxygens (including phenoxy) is 3. The number of sulfonamides is 1. The van der Waals surface area contributed by atoms with Crippen LogP contribution in [0, 0.1) is 0 Å². The molecule has 2 N–H and O–H groups in total. The lowest BCUT2D eigenvalue weighted by Crippen LogP contribution is -2.28. The number of rotatable bonds is 9. The first-order chi connectivity index (χ1) is 9.55. The van der Waals surface area contributed by atoms with Crippen LogP contribution >= 0.6 is 0 Å². The van der Waals surface area contributed by atoms with E-state index in [1.54, 1.807) is 6.07 Å². The van der Waals surface area contributed by atoms with Gasteiger partial charge in [0.1, 0.15) is 16.4 Å². The lowest BCUT2D eigenvalue weighted by molar-refractivity contribution is 0.0961. The number of hydrogen-bond donors (Lipinski definition) is 2. The van der Waals surface area contributed by atoms with E-state index in [4.69, 9.17) is 19.3 Å². The summed E-state index contributed by atoms with van der Waals surface area (Å²) in [5.74, 6) is 0.650. The molecule has 114 valence electrons. The maximum Gasteiger partial charge on any atom is 0.244 e. The molecule has 0 spiro atoms. The Hall–Kier alpha value is -1.35. The van der Waals surface area contributed by atoms with Crippen molar-refractivity contribution in [3.05, 3.63) is 18.2 Å². The standard InChI is InChI=1S/C12H19NO6S/c1-17-10-3-4-11(18-2)12(9-10)20(15,16)13-5-7-19-8-6-14/h3-4,9,13-14H,5-8H2,1-2H3. The number of methoxy groups -OCH3 is 2. The summed E-state index contributed by atoms with van der Waals surface area (Å²) in [5.41, 5.74) is 0. The Bertz CT molecular complexity index is 517. The van der Waals surface area contributed by atoms with Crippen molar-refractivity contribution in [1.82, 2.24) is 4.72 Å². The van der Waals surface area contributed by atoms with Crippen molar-refractivity contribution in [3.63, 3.8) is 0 Å². The van der Waals surface area contributed by atoms with Gasteiger partial charge in [0.15, 0.2) is 0 Å². The summed E-state index contributed by atoms with van der Waals surface area (Å²) in [4.78, 5) is 0.00140.